The van der Waals surface area contributed by atoms with E-state index < -0.39 is 7.14 Å². The van der Waals surface area contributed by atoms with Gasteiger partial charge in [0.2, 0.25) is 6.20 Å². The summed E-state index contributed by atoms with van der Waals surface area (Å²) in [7, 11) is -0.385. The molecule has 1 rings (SSSR count). The lowest BCUT2D eigenvalue weighted by Gasteiger charge is -2.09. The normalized spacial score (nSPS) is 11.0. The number of methoxy groups -OCH3 is 1. The second-order valence-corrected chi connectivity index (χ2v) is 14.1. The average Bonchev–Trinajstić information content (AvgIpc) is 2.83. The smallest absolute Gasteiger partial charge is 0.211 e. The van der Waals surface area contributed by atoms with Crippen molar-refractivity contribution < 1.29 is 37.9 Å². The van der Waals surface area contributed by atoms with Crippen molar-refractivity contribution in [2.45, 2.75) is 119 Å². The second-order valence-electron chi connectivity index (χ2n) is 10.7. The third kappa shape index (κ3) is 39.0. The Bertz CT molecular complexity index is 695. The summed E-state index contributed by atoms with van der Waals surface area (Å²) < 4.78 is 38.8. The number of pyridine rings is 1. The standard InChI is InChI=1S/C12H19NO3.C6H15O2P.2C6H14O/c1-10(2)16-6-4-5-13-8-11(14)7-12(9-13)15-3;1-6(2)8-5-9(3,4)7;2*1-4-5-7-6(2)3/h7-10H,4-6H2,1-3H3;6H,5H2,1-4H3;2*6H,4-5H2,1-3H3. The highest BCUT2D eigenvalue weighted by Gasteiger charge is 2.07. The summed E-state index contributed by atoms with van der Waals surface area (Å²) >= 11 is 0. The third-order valence-electron chi connectivity index (χ3n) is 4.15. The fourth-order valence-corrected chi connectivity index (χ4v) is 3.08. The molecule has 0 saturated carbocycles. The number of aromatic nitrogens is 1. The van der Waals surface area contributed by atoms with Gasteiger partial charge in [-0.2, -0.15) is 0 Å². The molecule has 0 aliphatic rings. The molecule has 0 saturated heterocycles. The van der Waals surface area contributed by atoms with Crippen LogP contribution in [0.3, 0.4) is 0 Å². The highest BCUT2D eigenvalue weighted by Crippen LogP contribution is 2.35. The fourth-order valence-electron chi connectivity index (χ4n) is 2.42. The topological polar surface area (TPSA) is 90.2 Å². The van der Waals surface area contributed by atoms with Crippen LogP contribution in [0.15, 0.2) is 18.5 Å². The maximum atomic E-state index is 11.3. The molecular weight excluding hydrogens is 517 g/mol. The van der Waals surface area contributed by atoms with Crippen LogP contribution in [0.4, 0.5) is 0 Å². The highest BCUT2D eigenvalue weighted by molar-refractivity contribution is 7.62. The predicted molar refractivity (Wildman–Crippen MR) is 162 cm³/mol. The molecule has 8 nitrogen and oxygen atoms in total. The van der Waals surface area contributed by atoms with Crippen LogP contribution in [0.1, 0.15) is 88.5 Å². The Morgan fingerprint density at radius 1 is 0.769 bits per heavy atom. The largest absolute Gasteiger partial charge is 0.868 e. The van der Waals surface area contributed by atoms with E-state index in [1.165, 1.54) is 6.07 Å². The van der Waals surface area contributed by atoms with Gasteiger partial charge in [-0.25, -0.2) is 4.57 Å². The lowest BCUT2D eigenvalue weighted by atomic mass is 10.3. The Morgan fingerprint density at radius 2 is 1.21 bits per heavy atom. The zero-order valence-corrected chi connectivity index (χ0v) is 28.3. The summed E-state index contributed by atoms with van der Waals surface area (Å²) in [4.78, 5) is 0. The van der Waals surface area contributed by atoms with Gasteiger partial charge in [-0.1, -0.05) is 13.8 Å². The fraction of sp³-hybridized carbons (Fsp3) is 0.833. The van der Waals surface area contributed by atoms with Gasteiger partial charge in [-0.05, 0) is 93.4 Å². The van der Waals surface area contributed by atoms with Crippen molar-refractivity contribution in [1.29, 1.82) is 0 Å². The van der Waals surface area contributed by atoms with Crippen molar-refractivity contribution in [3.05, 3.63) is 18.5 Å². The Balaban J connectivity index is -0.000000481. The molecule has 0 N–H and O–H groups in total. The molecule has 0 bridgehead atoms. The molecule has 39 heavy (non-hydrogen) atoms. The van der Waals surface area contributed by atoms with Crippen LogP contribution in [0.2, 0.25) is 0 Å². The molecule has 1 aromatic rings. The van der Waals surface area contributed by atoms with Crippen molar-refractivity contribution in [3.8, 4) is 11.5 Å². The van der Waals surface area contributed by atoms with Gasteiger partial charge < -0.3 is 33.4 Å². The number of hydrogen-bond acceptors (Lipinski definition) is 7. The van der Waals surface area contributed by atoms with Crippen LogP contribution in [0.25, 0.3) is 0 Å². The molecule has 0 atom stereocenters. The van der Waals surface area contributed by atoms with Gasteiger partial charge in [-0.3, -0.25) is 0 Å². The van der Waals surface area contributed by atoms with Crippen molar-refractivity contribution >= 4 is 7.14 Å². The SMILES string of the molecule is CC(C)OCP(C)(C)=O.CCCOC(C)C.CCCOC(C)C.COc1cc([O-])c[n+](CCCOC(C)C)c1. The first-order valence-electron chi connectivity index (χ1n) is 14.3. The van der Waals surface area contributed by atoms with Crippen molar-refractivity contribution in [2.24, 2.45) is 0 Å². The lowest BCUT2D eigenvalue weighted by Crippen LogP contribution is -2.34. The molecule has 0 unspecified atom stereocenters. The van der Waals surface area contributed by atoms with E-state index in [1.807, 2.05) is 38.5 Å². The molecular formula is C30H62NO7P. The summed E-state index contributed by atoms with van der Waals surface area (Å²) in [6, 6.07) is 1.47. The molecule has 0 spiro atoms. The highest BCUT2D eigenvalue weighted by atomic mass is 31.2. The van der Waals surface area contributed by atoms with E-state index in [4.69, 9.17) is 23.7 Å². The maximum Gasteiger partial charge on any atom is 0.211 e. The van der Waals surface area contributed by atoms with E-state index in [0.29, 0.717) is 30.9 Å². The molecule has 0 aliphatic carbocycles. The summed E-state index contributed by atoms with van der Waals surface area (Å²) in [5, 5.41) is 11.3. The molecule has 0 radical (unpaired) electrons. The Labute approximate surface area is 241 Å². The third-order valence-corrected chi connectivity index (χ3v) is 4.92. The molecule has 0 fully saturated rings. The van der Waals surface area contributed by atoms with Gasteiger partial charge in [-0.15, -0.1) is 0 Å². The molecule has 0 aromatic carbocycles. The number of rotatable bonds is 15. The predicted octanol–water partition coefficient (Wildman–Crippen LogP) is 6.51. The van der Waals surface area contributed by atoms with Gasteiger partial charge in [0.05, 0.1) is 44.5 Å². The van der Waals surface area contributed by atoms with Crippen molar-refractivity contribution in [2.75, 3.05) is 46.6 Å². The monoisotopic (exact) mass is 579 g/mol. The number of ether oxygens (including phenoxy) is 5. The maximum absolute atomic E-state index is 11.3. The first kappa shape index (κ1) is 42.3. The van der Waals surface area contributed by atoms with Crippen molar-refractivity contribution in [3.63, 3.8) is 0 Å². The van der Waals surface area contributed by atoms with Crippen molar-refractivity contribution in [1.82, 2.24) is 0 Å². The first-order valence-corrected chi connectivity index (χ1v) is 17.1. The van der Waals surface area contributed by atoms with E-state index in [9.17, 15) is 9.67 Å². The average molecular weight is 580 g/mol. The van der Waals surface area contributed by atoms with Gasteiger partial charge in [0, 0.05) is 19.6 Å². The van der Waals surface area contributed by atoms with E-state index in [2.05, 4.69) is 41.5 Å². The lowest BCUT2D eigenvalue weighted by molar-refractivity contribution is -0.700. The Morgan fingerprint density at radius 3 is 1.51 bits per heavy atom. The molecule has 234 valence electrons. The minimum absolute atomic E-state index is 0.0378. The first-order chi connectivity index (χ1) is 18.1. The van der Waals surface area contributed by atoms with Crippen LogP contribution in [-0.4, -0.2) is 71.0 Å². The molecule has 0 amide bonds. The van der Waals surface area contributed by atoms with Crippen LogP contribution in [-0.2, 0) is 30.1 Å². The molecule has 1 heterocycles. The summed E-state index contributed by atoms with van der Waals surface area (Å²) in [6.07, 6.45) is 8.18. The minimum Gasteiger partial charge on any atom is -0.868 e. The molecule has 1 aromatic heterocycles. The quantitative estimate of drug-likeness (QED) is 0.133. The van der Waals surface area contributed by atoms with Crippen LogP contribution in [0.5, 0.6) is 11.5 Å². The van der Waals surface area contributed by atoms with Gasteiger partial charge >= 0.3 is 0 Å². The Kier molecular flexibility index (Phi) is 29.3. The summed E-state index contributed by atoms with van der Waals surface area (Å²) in [5.41, 5.74) is 0. The second kappa shape index (κ2) is 27.0. The van der Waals surface area contributed by atoms with E-state index in [-0.39, 0.29) is 18.0 Å². The van der Waals surface area contributed by atoms with Crippen LogP contribution in [0, 0.1) is 0 Å². The number of hydrogen-bond donors (Lipinski definition) is 0. The summed E-state index contributed by atoms with van der Waals surface area (Å²) in [6.45, 7) is 27.1. The van der Waals surface area contributed by atoms with Gasteiger partial charge in [0.1, 0.15) is 7.14 Å². The van der Waals surface area contributed by atoms with E-state index >= 15 is 0 Å². The number of aryl methyl sites for hydroxylation is 1. The number of nitrogens with zero attached hydrogens (tertiary/aromatic N) is 1. The zero-order valence-electron chi connectivity index (χ0n) is 27.5. The van der Waals surface area contributed by atoms with Crippen LogP contribution < -0.4 is 14.4 Å². The van der Waals surface area contributed by atoms with Crippen LogP contribution >= 0.6 is 7.14 Å². The summed E-state index contributed by atoms with van der Waals surface area (Å²) in [5.74, 6) is 0.557. The molecule has 9 heteroatoms. The zero-order chi connectivity index (χ0) is 30.9. The Hall–Kier alpha value is -1.18. The minimum atomic E-state index is -1.94. The van der Waals surface area contributed by atoms with E-state index in [1.54, 1.807) is 26.6 Å². The van der Waals surface area contributed by atoms with Gasteiger partial charge in [0.15, 0.2) is 18.5 Å². The molecule has 0 aliphatic heterocycles. The van der Waals surface area contributed by atoms with E-state index in [0.717, 1.165) is 39.0 Å². The van der Waals surface area contributed by atoms with Gasteiger partial charge in [0.25, 0.3) is 0 Å².